The molecule has 5 heteroatoms. The Labute approximate surface area is 175 Å². The van der Waals surface area contributed by atoms with Crippen LogP contribution in [0.2, 0.25) is 0 Å². The number of pyridine rings is 1. The summed E-state index contributed by atoms with van der Waals surface area (Å²) in [5, 5.41) is 0.688. The van der Waals surface area contributed by atoms with Gasteiger partial charge in [0.2, 0.25) is 5.43 Å². The molecule has 0 atom stereocenters. The van der Waals surface area contributed by atoms with Gasteiger partial charge in [-0.05, 0) is 30.7 Å². The molecule has 0 saturated heterocycles. The molecular weight excluding hydrogens is 374 g/mol. The van der Waals surface area contributed by atoms with Crippen LogP contribution in [0.3, 0.4) is 0 Å². The van der Waals surface area contributed by atoms with Crippen LogP contribution >= 0.6 is 0 Å². The molecular formula is C25H27N3O2. The van der Waals surface area contributed by atoms with E-state index in [1.54, 1.807) is 10.6 Å². The Balaban J connectivity index is 1.96. The number of para-hydroxylation sites is 2. The highest BCUT2D eigenvalue weighted by Gasteiger charge is 2.18. The largest absolute Gasteiger partial charge is 0.328 e. The number of fused-ring (bicyclic) bond motifs is 2. The van der Waals surface area contributed by atoms with Crippen molar-refractivity contribution in [2.24, 2.45) is 7.05 Å². The zero-order valence-electron chi connectivity index (χ0n) is 17.6. The first-order chi connectivity index (χ1) is 14.6. The zero-order chi connectivity index (χ0) is 21.1. The van der Waals surface area contributed by atoms with Gasteiger partial charge in [-0.3, -0.25) is 14.2 Å². The smallest absolute Gasteiger partial charge is 0.271 e. The van der Waals surface area contributed by atoms with E-state index in [2.05, 4.69) is 6.92 Å². The molecule has 2 aromatic carbocycles. The molecule has 0 fully saturated rings. The first-order valence-electron chi connectivity index (χ1n) is 10.7. The third-order valence-corrected chi connectivity index (χ3v) is 5.71. The molecule has 4 aromatic rings. The van der Waals surface area contributed by atoms with Gasteiger partial charge in [0, 0.05) is 18.9 Å². The number of nitrogens with zero attached hydrogens (tertiary/aromatic N) is 3. The number of rotatable bonds is 7. The van der Waals surface area contributed by atoms with Gasteiger partial charge >= 0.3 is 0 Å². The first kappa shape index (κ1) is 20.1. The number of hydrogen-bond donors (Lipinski definition) is 0. The molecule has 0 amide bonds. The maximum Gasteiger partial charge on any atom is 0.271 e. The standard InChI is InChI=1S/C25H27N3O2/c1-3-4-5-6-10-17-21-26-24-22(25(30)28(21)18-13-8-7-9-14-18)23(29)19-15-11-12-16-20(19)27(24)2/h7-9,11-16H,3-6,10,17H2,1-2H3. The van der Waals surface area contributed by atoms with Crippen LogP contribution in [0.15, 0.2) is 64.2 Å². The monoisotopic (exact) mass is 401 g/mol. The molecule has 4 rings (SSSR count). The average Bonchev–Trinajstić information content (AvgIpc) is 2.77. The van der Waals surface area contributed by atoms with Gasteiger partial charge in [0.15, 0.2) is 5.65 Å². The van der Waals surface area contributed by atoms with Gasteiger partial charge in [-0.2, -0.15) is 0 Å². The fourth-order valence-corrected chi connectivity index (χ4v) is 4.10. The second-order valence-electron chi connectivity index (χ2n) is 7.77. The quantitative estimate of drug-likeness (QED) is 0.332. The van der Waals surface area contributed by atoms with Crippen molar-refractivity contribution in [3.8, 4) is 5.69 Å². The summed E-state index contributed by atoms with van der Waals surface area (Å²) in [4.78, 5) is 31.7. The summed E-state index contributed by atoms with van der Waals surface area (Å²) in [6.07, 6.45) is 6.36. The Hall–Kier alpha value is -3.21. The van der Waals surface area contributed by atoms with E-state index in [0.717, 1.165) is 24.0 Å². The summed E-state index contributed by atoms with van der Waals surface area (Å²) >= 11 is 0. The van der Waals surface area contributed by atoms with Crippen molar-refractivity contribution in [3.63, 3.8) is 0 Å². The van der Waals surface area contributed by atoms with Gasteiger partial charge < -0.3 is 4.57 Å². The summed E-state index contributed by atoms with van der Waals surface area (Å²) in [5.41, 5.74) is 1.44. The van der Waals surface area contributed by atoms with Crippen molar-refractivity contribution in [1.29, 1.82) is 0 Å². The van der Waals surface area contributed by atoms with Crippen LogP contribution < -0.4 is 11.0 Å². The molecule has 5 nitrogen and oxygen atoms in total. The molecule has 0 saturated carbocycles. The van der Waals surface area contributed by atoms with E-state index in [9.17, 15) is 9.59 Å². The number of aryl methyl sites for hydroxylation is 2. The van der Waals surface area contributed by atoms with E-state index >= 15 is 0 Å². The van der Waals surface area contributed by atoms with Crippen molar-refractivity contribution >= 4 is 21.9 Å². The highest BCUT2D eigenvalue weighted by atomic mass is 16.1. The van der Waals surface area contributed by atoms with Gasteiger partial charge in [0.1, 0.15) is 11.2 Å². The van der Waals surface area contributed by atoms with Crippen molar-refractivity contribution in [3.05, 3.63) is 81.0 Å². The number of hydrogen-bond acceptors (Lipinski definition) is 3. The van der Waals surface area contributed by atoms with Crippen LogP contribution in [0.1, 0.15) is 44.9 Å². The average molecular weight is 402 g/mol. The van der Waals surface area contributed by atoms with Gasteiger partial charge in [-0.25, -0.2) is 4.98 Å². The lowest BCUT2D eigenvalue weighted by Gasteiger charge is -2.16. The number of aromatic nitrogens is 3. The van der Waals surface area contributed by atoms with Crippen LogP contribution in [-0.4, -0.2) is 14.1 Å². The Bertz CT molecular complexity index is 1300. The second-order valence-corrected chi connectivity index (χ2v) is 7.77. The maximum absolute atomic E-state index is 13.6. The molecule has 0 aliphatic carbocycles. The lowest BCUT2D eigenvalue weighted by atomic mass is 10.1. The summed E-state index contributed by atoms with van der Waals surface area (Å²) in [7, 11) is 1.87. The van der Waals surface area contributed by atoms with Gasteiger partial charge in [-0.15, -0.1) is 0 Å². The zero-order valence-corrected chi connectivity index (χ0v) is 17.6. The normalized spacial score (nSPS) is 11.4. The molecule has 2 aromatic heterocycles. The van der Waals surface area contributed by atoms with E-state index in [1.165, 1.54) is 19.3 Å². The third-order valence-electron chi connectivity index (χ3n) is 5.71. The Morgan fingerprint density at radius 3 is 2.33 bits per heavy atom. The first-order valence-corrected chi connectivity index (χ1v) is 10.7. The summed E-state index contributed by atoms with van der Waals surface area (Å²) in [6.45, 7) is 2.20. The molecule has 0 radical (unpaired) electrons. The molecule has 2 heterocycles. The minimum atomic E-state index is -0.291. The van der Waals surface area contributed by atoms with E-state index in [1.807, 2.05) is 60.1 Å². The van der Waals surface area contributed by atoms with Gasteiger partial charge in [-0.1, -0.05) is 62.9 Å². The van der Waals surface area contributed by atoms with Gasteiger partial charge in [0.05, 0.1) is 11.2 Å². The molecule has 154 valence electrons. The van der Waals surface area contributed by atoms with Crippen molar-refractivity contribution in [2.75, 3.05) is 0 Å². The molecule has 0 unspecified atom stereocenters. The van der Waals surface area contributed by atoms with Crippen molar-refractivity contribution in [2.45, 2.75) is 45.4 Å². The predicted molar refractivity (Wildman–Crippen MR) is 123 cm³/mol. The minimum absolute atomic E-state index is 0.148. The van der Waals surface area contributed by atoms with Crippen molar-refractivity contribution < 1.29 is 0 Å². The van der Waals surface area contributed by atoms with E-state index < -0.39 is 0 Å². The Kier molecular flexibility index (Phi) is 5.79. The highest BCUT2D eigenvalue weighted by molar-refractivity contribution is 5.91. The van der Waals surface area contributed by atoms with Gasteiger partial charge in [0.25, 0.3) is 5.56 Å². The Morgan fingerprint density at radius 1 is 0.867 bits per heavy atom. The van der Waals surface area contributed by atoms with E-state index in [0.29, 0.717) is 23.3 Å². The molecule has 0 aliphatic rings. The van der Waals surface area contributed by atoms with E-state index in [-0.39, 0.29) is 16.4 Å². The second kappa shape index (κ2) is 8.66. The van der Waals surface area contributed by atoms with Crippen molar-refractivity contribution in [1.82, 2.24) is 14.1 Å². The SMILES string of the molecule is CCCCCCCc1nc2c(c(=O)c3ccccc3n2C)c(=O)n1-c1ccccc1. The Morgan fingerprint density at radius 2 is 1.57 bits per heavy atom. The highest BCUT2D eigenvalue weighted by Crippen LogP contribution is 2.18. The molecule has 0 spiro atoms. The fourth-order valence-electron chi connectivity index (χ4n) is 4.10. The van der Waals surface area contributed by atoms with Crippen LogP contribution in [0.5, 0.6) is 0 Å². The molecule has 0 aliphatic heterocycles. The molecule has 30 heavy (non-hydrogen) atoms. The van der Waals surface area contributed by atoms with Crippen LogP contribution in [0.25, 0.3) is 27.6 Å². The summed E-state index contributed by atoms with van der Waals surface area (Å²) in [5.74, 6) is 0.709. The maximum atomic E-state index is 13.6. The van der Waals surface area contributed by atoms with Crippen LogP contribution in [0.4, 0.5) is 0 Å². The lowest BCUT2D eigenvalue weighted by Crippen LogP contribution is -2.29. The fraction of sp³-hybridized carbons (Fsp3) is 0.320. The van der Waals surface area contributed by atoms with Crippen LogP contribution in [-0.2, 0) is 13.5 Å². The predicted octanol–water partition coefficient (Wildman–Crippen LogP) is 4.75. The third kappa shape index (κ3) is 3.56. The van der Waals surface area contributed by atoms with E-state index in [4.69, 9.17) is 4.98 Å². The number of benzene rings is 2. The number of unbranched alkanes of at least 4 members (excludes halogenated alkanes) is 4. The lowest BCUT2D eigenvalue weighted by molar-refractivity contribution is 0.615. The molecule has 0 N–H and O–H groups in total. The van der Waals surface area contributed by atoms with Crippen LogP contribution in [0, 0.1) is 0 Å². The summed E-state index contributed by atoms with van der Waals surface area (Å²) in [6, 6.07) is 16.9. The molecule has 0 bridgehead atoms. The topological polar surface area (TPSA) is 56.9 Å². The minimum Gasteiger partial charge on any atom is -0.328 e. The summed E-state index contributed by atoms with van der Waals surface area (Å²) < 4.78 is 3.49.